The molecule has 19 heavy (non-hydrogen) atoms. The SMILES string of the molecule is CCc1c(C2(CC)CCCC2)sc(C(=O)OC)c1N. The van der Waals surface area contributed by atoms with E-state index in [-0.39, 0.29) is 11.4 Å². The molecule has 4 heteroatoms. The molecule has 0 bridgehead atoms. The number of anilines is 1. The van der Waals surface area contributed by atoms with Gasteiger partial charge in [0, 0.05) is 10.3 Å². The number of thiophene rings is 1. The number of nitrogen functional groups attached to an aromatic ring is 1. The van der Waals surface area contributed by atoms with E-state index in [1.165, 1.54) is 43.2 Å². The van der Waals surface area contributed by atoms with E-state index in [0.29, 0.717) is 10.6 Å². The van der Waals surface area contributed by atoms with E-state index < -0.39 is 0 Å². The second-order valence-electron chi connectivity index (χ2n) is 5.34. The maximum absolute atomic E-state index is 11.8. The average Bonchev–Trinajstić information content (AvgIpc) is 3.03. The highest BCUT2D eigenvalue weighted by Crippen LogP contribution is 2.50. The summed E-state index contributed by atoms with van der Waals surface area (Å²) in [6.45, 7) is 4.36. The lowest BCUT2D eigenvalue weighted by atomic mass is 9.79. The second-order valence-corrected chi connectivity index (χ2v) is 6.36. The van der Waals surface area contributed by atoms with Gasteiger partial charge in [-0.1, -0.05) is 26.7 Å². The highest BCUT2D eigenvalue weighted by atomic mass is 32.1. The molecule has 0 atom stereocenters. The first-order chi connectivity index (χ1) is 9.09. The zero-order valence-electron chi connectivity index (χ0n) is 12.0. The van der Waals surface area contributed by atoms with Gasteiger partial charge >= 0.3 is 5.97 Å². The second kappa shape index (κ2) is 5.53. The zero-order chi connectivity index (χ0) is 14.0. The van der Waals surface area contributed by atoms with E-state index in [0.717, 1.165) is 12.8 Å². The van der Waals surface area contributed by atoms with E-state index >= 15 is 0 Å². The van der Waals surface area contributed by atoms with Gasteiger partial charge in [0.1, 0.15) is 4.88 Å². The minimum Gasteiger partial charge on any atom is -0.465 e. The lowest BCUT2D eigenvalue weighted by molar-refractivity contribution is 0.0607. The molecule has 2 N–H and O–H groups in total. The fourth-order valence-electron chi connectivity index (χ4n) is 3.29. The molecule has 0 unspecified atom stereocenters. The zero-order valence-corrected chi connectivity index (χ0v) is 12.9. The van der Waals surface area contributed by atoms with Crippen LogP contribution < -0.4 is 5.73 Å². The first-order valence-electron chi connectivity index (χ1n) is 7.09. The number of carbonyl (C=O) groups excluding carboxylic acids is 1. The highest BCUT2D eigenvalue weighted by Gasteiger charge is 2.38. The molecular formula is C15H23NO2S. The van der Waals surface area contributed by atoms with Crippen LogP contribution in [0.3, 0.4) is 0 Å². The van der Waals surface area contributed by atoms with Gasteiger partial charge in [-0.2, -0.15) is 0 Å². The lowest BCUT2D eigenvalue weighted by Crippen LogP contribution is -2.20. The van der Waals surface area contributed by atoms with Crippen LogP contribution in [0.15, 0.2) is 0 Å². The Labute approximate surface area is 119 Å². The van der Waals surface area contributed by atoms with Gasteiger partial charge < -0.3 is 10.5 Å². The molecule has 106 valence electrons. The van der Waals surface area contributed by atoms with Gasteiger partial charge in [0.05, 0.1) is 12.8 Å². The van der Waals surface area contributed by atoms with Crippen LogP contribution in [0.4, 0.5) is 5.69 Å². The first-order valence-corrected chi connectivity index (χ1v) is 7.91. The summed E-state index contributed by atoms with van der Waals surface area (Å²) in [4.78, 5) is 13.8. The van der Waals surface area contributed by atoms with Gasteiger partial charge in [0.25, 0.3) is 0 Å². The molecule has 1 aromatic rings. The van der Waals surface area contributed by atoms with E-state index in [4.69, 9.17) is 10.5 Å². The third-order valence-electron chi connectivity index (χ3n) is 4.49. The van der Waals surface area contributed by atoms with Crippen LogP contribution in [0.2, 0.25) is 0 Å². The van der Waals surface area contributed by atoms with Crippen LogP contribution >= 0.6 is 11.3 Å². The summed E-state index contributed by atoms with van der Waals surface area (Å²) in [7, 11) is 1.41. The minimum absolute atomic E-state index is 0.246. The Balaban J connectivity index is 2.53. The number of rotatable bonds is 4. The van der Waals surface area contributed by atoms with Crippen molar-refractivity contribution in [1.82, 2.24) is 0 Å². The fourth-order valence-corrected chi connectivity index (χ4v) is 4.84. The summed E-state index contributed by atoms with van der Waals surface area (Å²) in [5.74, 6) is -0.298. The molecule has 2 rings (SSSR count). The Bertz CT molecular complexity index is 473. The van der Waals surface area contributed by atoms with Gasteiger partial charge in [0.2, 0.25) is 0 Å². The standard InChI is InChI=1S/C15H23NO2S/c1-4-10-11(16)12(14(17)18-3)19-13(10)15(5-2)8-6-7-9-15/h4-9,16H2,1-3H3. The molecule has 0 saturated heterocycles. The van der Waals surface area contributed by atoms with Crippen LogP contribution in [0.25, 0.3) is 0 Å². The quantitative estimate of drug-likeness (QED) is 0.852. The molecule has 1 saturated carbocycles. The molecule has 1 aromatic heterocycles. The van der Waals surface area contributed by atoms with Crippen LogP contribution in [-0.2, 0) is 16.6 Å². The van der Waals surface area contributed by atoms with E-state index in [2.05, 4.69) is 13.8 Å². The van der Waals surface area contributed by atoms with Crippen molar-refractivity contribution in [3.05, 3.63) is 15.3 Å². The number of hydrogen-bond donors (Lipinski definition) is 1. The number of methoxy groups -OCH3 is 1. The summed E-state index contributed by atoms with van der Waals surface area (Å²) in [6, 6.07) is 0. The van der Waals surface area contributed by atoms with E-state index in [1.807, 2.05) is 0 Å². The molecule has 1 heterocycles. The summed E-state index contributed by atoms with van der Waals surface area (Å²) in [5, 5.41) is 0. The normalized spacial score (nSPS) is 17.6. The lowest BCUT2D eigenvalue weighted by Gasteiger charge is -2.27. The maximum Gasteiger partial charge on any atom is 0.350 e. The van der Waals surface area contributed by atoms with Crippen molar-refractivity contribution < 1.29 is 9.53 Å². The minimum atomic E-state index is -0.298. The molecule has 0 spiro atoms. The molecule has 0 aliphatic heterocycles. The molecular weight excluding hydrogens is 258 g/mol. The Kier molecular flexibility index (Phi) is 4.19. The van der Waals surface area contributed by atoms with Gasteiger partial charge in [-0.15, -0.1) is 11.3 Å². The smallest absolute Gasteiger partial charge is 0.350 e. The van der Waals surface area contributed by atoms with E-state index in [1.54, 1.807) is 11.3 Å². The molecule has 1 aliphatic rings. The predicted molar refractivity (Wildman–Crippen MR) is 79.9 cm³/mol. The van der Waals surface area contributed by atoms with E-state index in [9.17, 15) is 4.79 Å². The van der Waals surface area contributed by atoms with Gasteiger partial charge in [-0.3, -0.25) is 0 Å². The molecule has 0 radical (unpaired) electrons. The van der Waals surface area contributed by atoms with Gasteiger partial charge in [0.15, 0.2) is 0 Å². The third kappa shape index (κ3) is 2.27. The van der Waals surface area contributed by atoms with Crippen LogP contribution in [0.5, 0.6) is 0 Å². The average molecular weight is 281 g/mol. The number of ether oxygens (including phenoxy) is 1. The predicted octanol–water partition coefficient (Wildman–Crippen LogP) is 3.90. The molecule has 1 fully saturated rings. The number of hydrogen-bond acceptors (Lipinski definition) is 4. The molecule has 0 amide bonds. The van der Waals surface area contributed by atoms with Crippen LogP contribution in [-0.4, -0.2) is 13.1 Å². The van der Waals surface area contributed by atoms with Crippen molar-refractivity contribution >= 4 is 23.0 Å². The van der Waals surface area contributed by atoms with Crippen LogP contribution in [0, 0.1) is 0 Å². The Hall–Kier alpha value is -1.03. The summed E-state index contributed by atoms with van der Waals surface area (Å²) in [5.41, 5.74) is 8.25. The Morgan fingerprint density at radius 3 is 2.47 bits per heavy atom. The molecule has 0 aromatic carbocycles. The van der Waals surface area contributed by atoms with Crippen molar-refractivity contribution in [2.45, 2.75) is 57.8 Å². The Morgan fingerprint density at radius 1 is 1.37 bits per heavy atom. The first kappa shape index (κ1) is 14.4. The molecule has 1 aliphatic carbocycles. The highest BCUT2D eigenvalue weighted by molar-refractivity contribution is 7.15. The molecule has 3 nitrogen and oxygen atoms in total. The van der Waals surface area contributed by atoms with Crippen LogP contribution in [0.1, 0.15) is 66.1 Å². The van der Waals surface area contributed by atoms with Gasteiger partial charge in [-0.05, 0) is 31.2 Å². The summed E-state index contributed by atoms with van der Waals surface area (Å²) in [6.07, 6.45) is 7.01. The largest absolute Gasteiger partial charge is 0.465 e. The number of nitrogens with two attached hydrogens (primary N) is 1. The van der Waals surface area contributed by atoms with Crippen molar-refractivity contribution in [3.8, 4) is 0 Å². The number of carbonyl (C=O) groups is 1. The van der Waals surface area contributed by atoms with Crippen molar-refractivity contribution in [3.63, 3.8) is 0 Å². The summed E-state index contributed by atoms with van der Waals surface area (Å²) >= 11 is 1.56. The van der Waals surface area contributed by atoms with Crippen molar-refractivity contribution in [2.75, 3.05) is 12.8 Å². The van der Waals surface area contributed by atoms with Crippen molar-refractivity contribution in [2.24, 2.45) is 0 Å². The monoisotopic (exact) mass is 281 g/mol. The summed E-state index contributed by atoms with van der Waals surface area (Å²) < 4.78 is 4.85. The number of esters is 1. The topological polar surface area (TPSA) is 52.3 Å². The maximum atomic E-state index is 11.8. The third-order valence-corrected chi connectivity index (χ3v) is 5.97. The Morgan fingerprint density at radius 2 is 2.00 bits per heavy atom. The van der Waals surface area contributed by atoms with Crippen molar-refractivity contribution in [1.29, 1.82) is 0 Å². The van der Waals surface area contributed by atoms with Gasteiger partial charge in [-0.25, -0.2) is 4.79 Å². The fraction of sp³-hybridized carbons (Fsp3) is 0.667.